The van der Waals surface area contributed by atoms with E-state index >= 15 is 0 Å². The van der Waals surface area contributed by atoms with Crippen molar-refractivity contribution in [3.63, 3.8) is 0 Å². The van der Waals surface area contributed by atoms with E-state index in [-0.39, 0.29) is 11.9 Å². The van der Waals surface area contributed by atoms with E-state index < -0.39 is 0 Å². The summed E-state index contributed by atoms with van der Waals surface area (Å²) in [7, 11) is 0. The summed E-state index contributed by atoms with van der Waals surface area (Å²) in [4.78, 5) is 18.1. The number of rotatable bonds is 3. The lowest BCUT2D eigenvalue weighted by Gasteiger charge is -2.26. The van der Waals surface area contributed by atoms with Crippen molar-refractivity contribution in [2.24, 2.45) is 0 Å². The van der Waals surface area contributed by atoms with E-state index in [9.17, 15) is 4.79 Å². The minimum absolute atomic E-state index is 0.00631. The van der Waals surface area contributed by atoms with Crippen molar-refractivity contribution in [1.82, 2.24) is 10.3 Å². The lowest BCUT2D eigenvalue weighted by molar-refractivity contribution is 0.0936. The summed E-state index contributed by atoms with van der Waals surface area (Å²) in [6.07, 6.45) is 3.21. The Labute approximate surface area is 149 Å². The largest absolute Gasteiger partial charge is 0.344 e. The molecule has 3 nitrogen and oxygen atoms in total. The van der Waals surface area contributed by atoms with Gasteiger partial charge in [-0.05, 0) is 48.8 Å². The Balaban J connectivity index is 1.57. The van der Waals surface area contributed by atoms with Crippen molar-refractivity contribution in [1.29, 1.82) is 0 Å². The number of fused-ring (bicyclic) bond motifs is 1. The number of nitrogens with zero attached hydrogens (tertiary/aromatic N) is 1. The first-order chi connectivity index (χ1) is 11.7. The highest BCUT2D eigenvalue weighted by Crippen LogP contribution is 2.32. The van der Waals surface area contributed by atoms with Crippen LogP contribution in [-0.2, 0) is 6.42 Å². The molecule has 1 amide bonds. The van der Waals surface area contributed by atoms with Crippen LogP contribution in [0.15, 0.2) is 41.1 Å². The van der Waals surface area contributed by atoms with E-state index in [0.29, 0.717) is 0 Å². The minimum Gasteiger partial charge on any atom is -0.344 e. The lowest BCUT2D eigenvalue weighted by Crippen LogP contribution is -2.30. The molecule has 24 heavy (non-hydrogen) atoms. The third kappa shape index (κ3) is 2.89. The quantitative estimate of drug-likeness (QED) is 0.720. The standard InChI is InChI=1S/C19H18N2OS2/c1-12-17(24-19(20-12)14-9-10-23-11-14)18(22)21-16-8-4-6-13-5-2-3-7-15(13)16/h2-3,5,7,9-11,16H,4,6,8H2,1H3,(H,21,22)/t16-/m1/s1. The summed E-state index contributed by atoms with van der Waals surface area (Å²) in [6, 6.07) is 10.6. The molecule has 122 valence electrons. The van der Waals surface area contributed by atoms with E-state index in [1.807, 2.05) is 18.4 Å². The number of amides is 1. The van der Waals surface area contributed by atoms with Crippen LogP contribution in [-0.4, -0.2) is 10.9 Å². The van der Waals surface area contributed by atoms with Crippen LogP contribution >= 0.6 is 22.7 Å². The van der Waals surface area contributed by atoms with Gasteiger partial charge in [0.1, 0.15) is 9.88 Å². The summed E-state index contributed by atoms with van der Waals surface area (Å²) >= 11 is 3.12. The molecule has 3 aromatic rings. The number of hydrogen-bond donors (Lipinski definition) is 1. The highest BCUT2D eigenvalue weighted by Gasteiger charge is 2.24. The number of thiazole rings is 1. The molecule has 2 heterocycles. The number of carbonyl (C=O) groups is 1. The van der Waals surface area contributed by atoms with E-state index in [1.54, 1.807) is 11.3 Å². The first-order valence-electron chi connectivity index (χ1n) is 8.11. The van der Waals surface area contributed by atoms with Gasteiger partial charge in [-0.1, -0.05) is 24.3 Å². The van der Waals surface area contributed by atoms with Crippen molar-refractivity contribution >= 4 is 28.6 Å². The van der Waals surface area contributed by atoms with Crippen molar-refractivity contribution in [2.45, 2.75) is 32.2 Å². The van der Waals surface area contributed by atoms with Gasteiger partial charge < -0.3 is 5.32 Å². The van der Waals surface area contributed by atoms with Gasteiger partial charge in [-0.15, -0.1) is 11.3 Å². The first kappa shape index (κ1) is 15.5. The molecule has 0 saturated heterocycles. The predicted molar refractivity (Wildman–Crippen MR) is 99.8 cm³/mol. The number of aryl methyl sites for hydroxylation is 2. The number of nitrogens with one attached hydrogen (secondary N) is 1. The molecule has 0 aliphatic heterocycles. The number of hydrogen-bond acceptors (Lipinski definition) is 4. The maximum Gasteiger partial charge on any atom is 0.263 e. The fourth-order valence-electron chi connectivity index (χ4n) is 3.24. The van der Waals surface area contributed by atoms with Crippen molar-refractivity contribution in [2.75, 3.05) is 0 Å². The highest BCUT2D eigenvalue weighted by molar-refractivity contribution is 7.17. The minimum atomic E-state index is -0.00631. The molecular formula is C19H18N2OS2. The molecule has 1 aliphatic rings. The van der Waals surface area contributed by atoms with Crippen LogP contribution in [0, 0.1) is 6.92 Å². The van der Waals surface area contributed by atoms with Gasteiger partial charge >= 0.3 is 0 Å². The smallest absolute Gasteiger partial charge is 0.263 e. The van der Waals surface area contributed by atoms with Crippen molar-refractivity contribution in [3.8, 4) is 10.6 Å². The normalized spacial score (nSPS) is 16.6. The van der Waals surface area contributed by atoms with Crippen LogP contribution in [0.4, 0.5) is 0 Å². The Bertz CT molecular complexity index is 867. The van der Waals surface area contributed by atoms with Crippen LogP contribution in [0.1, 0.15) is 45.4 Å². The molecule has 1 aliphatic carbocycles. The predicted octanol–water partition coefficient (Wildman–Crippen LogP) is 4.99. The summed E-state index contributed by atoms with van der Waals surface area (Å²) < 4.78 is 0. The maximum atomic E-state index is 12.8. The second-order valence-corrected chi connectivity index (χ2v) is 7.84. The van der Waals surface area contributed by atoms with Crippen LogP contribution in [0.5, 0.6) is 0 Å². The van der Waals surface area contributed by atoms with Gasteiger partial charge in [-0.3, -0.25) is 4.79 Å². The average Bonchev–Trinajstić information content (AvgIpc) is 3.24. The van der Waals surface area contributed by atoms with E-state index in [0.717, 1.165) is 40.4 Å². The van der Waals surface area contributed by atoms with Gasteiger partial charge in [0.2, 0.25) is 0 Å². The molecule has 1 N–H and O–H groups in total. The van der Waals surface area contributed by atoms with Gasteiger partial charge in [0.25, 0.3) is 5.91 Å². The zero-order valence-corrected chi connectivity index (χ0v) is 15.0. The monoisotopic (exact) mass is 354 g/mol. The first-order valence-corrected chi connectivity index (χ1v) is 9.87. The molecular weight excluding hydrogens is 336 g/mol. The summed E-state index contributed by atoms with van der Waals surface area (Å²) in [5.41, 5.74) is 4.52. The molecule has 4 rings (SSSR count). The third-order valence-corrected chi connectivity index (χ3v) is 6.33. The zero-order valence-electron chi connectivity index (χ0n) is 13.4. The number of thiophene rings is 1. The van der Waals surface area contributed by atoms with Crippen molar-refractivity contribution < 1.29 is 4.79 Å². The molecule has 0 spiro atoms. The number of aromatic nitrogens is 1. The second-order valence-electron chi connectivity index (χ2n) is 6.06. The lowest BCUT2D eigenvalue weighted by atomic mass is 9.88. The van der Waals surface area contributed by atoms with E-state index in [4.69, 9.17) is 0 Å². The maximum absolute atomic E-state index is 12.8. The van der Waals surface area contributed by atoms with Gasteiger partial charge in [-0.2, -0.15) is 11.3 Å². The van der Waals surface area contributed by atoms with Gasteiger partial charge in [0.05, 0.1) is 11.7 Å². The molecule has 2 aromatic heterocycles. The van der Waals surface area contributed by atoms with Crippen LogP contribution < -0.4 is 5.32 Å². The topological polar surface area (TPSA) is 42.0 Å². The van der Waals surface area contributed by atoms with Crippen LogP contribution in [0.2, 0.25) is 0 Å². The molecule has 0 fully saturated rings. The van der Waals surface area contributed by atoms with Crippen molar-refractivity contribution in [3.05, 3.63) is 62.8 Å². The molecule has 1 aromatic carbocycles. The molecule has 0 saturated carbocycles. The number of carbonyl (C=O) groups excluding carboxylic acids is 1. The Morgan fingerprint density at radius 2 is 2.17 bits per heavy atom. The number of benzene rings is 1. The van der Waals surface area contributed by atoms with Gasteiger partial charge in [0.15, 0.2) is 0 Å². The Kier molecular flexibility index (Phi) is 4.21. The van der Waals surface area contributed by atoms with Crippen LogP contribution in [0.25, 0.3) is 10.6 Å². The molecule has 5 heteroatoms. The fourth-order valence-corrected chi connectivity index (χ4v) is 4.93. The Morgan fingerprint density at radius 3 is 3.00 bits per heavy atom. The molecule has 0 bridgehead atoms. The summed E-state index contributed by atoms with van der Waals surface area (Å²) in [6.45, 7) is 1.91. The van der Waals surface area contributed by atoms with E-state index in [2.05, 4.69) is 39.9 Å². The summed E-state index contributed by atoms with van der Waals surface area (Å²) in [5.74, 6) is -0.00631. The molecule has 0 radical (unpaired) electrons. The third-order valence-electron chi connectivity index (χ3n) is 4.45. The molecule has 1 atom stereocenters. The summed E-state index contributed by atoms with van der Waals surface area (Å²) in [5, 5.41) is 8.24. The molecule has 0 unspecified atom stereocenters. The Hall–Kier alpha value is -1.98. The zero-order chi connectivity index (χ0) is 16.5. The average molecular weight is 355 g/mol. The van der Waals surface area contributed by atoms with Gasteiger partial charge in [-0.25, -0.2) is 4.98 Å². The van der Waals surface area contributed by atoms with Gasteiger partial charge in [0, 0.05) is 10.9 Å². The Morgan fingerprint density at radius 1 is 1.29 bits per heavy atom. The van der Waals surface area contributed by atoms with Crippen LogP contribution in [0.3, 0.4) is 0 Å². The van der Waals surface area contributed by atoms with E-state index in [1.165, 1.54) is 22.5 Å². The highest BCUT2D eigenvalue weighted by atomic mass is 32.1. The fraction of sp³-hybridized carbons (Fsp3) is 0.263. The SMILES string of the molecule is Cc1nc(-c2ccsc2)sc1C(=O)N[C@@H]1CCCc2ccccc21. The second kappa shape index (κ2) is 6.49.